The van der Waals surface area contributed by atoms with Gasteiger partial charge in [0.1, 0.15) is 0 Å². The third-order valence-corrected chi connectivity index (χ3v) is 5.42. The Morgan fingerprint density at radius 3 is 2.62 bits per heavy atom. The lowest BCUT2D eigenvalue weighted by atomic mass is 10.0. The monoisotopic (exact) mass is 339 g/mol. The standard InChI is InChI=1S/C18H37N5O/c1-4-23-10-6-5-7-17(23)15-20-18(19-2)21-16-8-11-22(12-9-16)13-14-24-3/h16-17H,4-15H2,1-3H3,(H2,19,20,21). The van der Waals surface area contributed by atoms with E-state index in [-0.39, 0.29) is 0 Å². The van der Waals surface area contributed by atoms with E-state index >= 15 is 0 Å². The normalized spacial score (nSPS) is 25.0. The quantitative estimate of drug-likeness (QED) is 0.538. The topological polar surface area (TPSA) is 52.1 Å². The first-order chi connectivity index (χ1) is 11.8. The number of nitrogens with one attached hydrogen (secondary N) is 2. The maximum atomic E-state index is 5.17. The number of ether oxygens (including phenoxy) is 1. The average Bonchev–Trinajstić information content (AvgIpc) is 2.64. The molecule has 2 aliphatic heterocycles. The van der Waals surface area contributed by atoms with Gasteiger partial charge >= 0.3 is 0 Å². The summed E-state index contributed by atoms with van der Waals surface area (Å²) >= 11 is 0. The van der Waals surface area contributed by atoms with Crippen LogP contribution < -0.4 is 10.6 Å². The average molecular weight is 340 g/mol. The molecule has 0 bridgehead atoms. The lowest BCUT2D eigenvalue weighted by Gasteiger charge is -2.36. The molecular formula is C18H37N5O. The van der Waals surface area contributed by atoms with Crippen molar-refractivity contribution < 1.29 is 4.74 Å². The van der Waals surface area contributed by atoms with Gasteiger partial charge in [-0.15, -0.1) is 0 Å². The third kappa shape index (κ3) is 6.22. The first kappa shape index (κ1) is 19.5. The zero-order valence-corrected chi connectivity index (χ0v) is 15.9. The number of guanidine groups is 1. The molecule has 0 radical (unpaired) electrons. The molecule has 140 valence electrons. The van der Waals surface area contributed by atoms with E-state index in [9.17, 15) is 0 Å². The predicted molar refractivity (Wildman–Crippen MR) is 101 cm³/mol. The lowest BCUT2D eigenvalue weighted by molar-refractivity contribution is 0.128. The molecule has 0 saturated carbocycles. The largest absolute Gasteiger partial charge is 0.383 e. The number of likely N-dealkylation sites (N-methyl/N-ethyl adjacent to an activating group) is 1. The molecule has 0 spiro atoms. The van der Waals surface area contributed by atoms with Gasteiger partial charge in [0.05, 0.1) is 6.61 Å². The molecule has 1 unspecified atom stereocenters. The minimum absolute atomic E-state index is 0.531. The van der Waals surface area contributed by atoms with Crippen molar-refractivity contribution in [3.05, 3.63) is 0 Å². The second kappa shape index (κ2) is 10.9. The molecule has 2 N–H and O–H groups in total. The fraction of sp³-hybridized carbons (Fsp3) is 0.944. The Hall–Kier alpha value is -0.850. The Balaban J connectivity index is 1.69. The molecule has 2 aliphatic rings. The first-order valence-electron chi connectivity index (χ1n) is 9.69. The minimum Gasteiger partial charge on any atom is -0.383 e. The van der Waals surface area contributed by atoms with E-state index in [1.165, 1.54) is 38.6 Å². The van der Waals surface area contributed by atoms with Crippen LogP contribution in [0.25, 0.3) is 0 Å². The number of likely N-dealkylation sites (tertiary alicyclic amines) is 2. The molecule has 1 atom stereocenters. The number of nitrogens with zero attached hydrogens (tertiary/aromatic N) is 3. The van der Waals surface area contributed by atoms with E-state index in [2.05, 4.69) is 32.3 Å². The van der Waals surface area contributed by atoms with Gasteiger partial charge in [-0.2, -0.15) is 0 Å². The molecule has 2 rings (SSSR count). The Morgan fingerprint density at radius 2 is 1.96 bits per heavy atom. The summed E-state index contributed by atoms with van der Waals surface area (Å²) in [6, 6.07) is 1.18. The fourth-order valence-electron chi connectivity index (χ4n) is 3.83. The number of rotatable bonds is 7. The fourth-order valence-corrected chi connectivity index (χ4v) is 3.83. The van der Waals surface area contributed by atoms with Crippen LogP contribution in [0.3, 0.4) is 0 Å². The van der Waals surface area contributed by atoms with Gasteiger partial charge in [0.25, 0.3) is 0 Å². The van der Waals surface area contributed by atoms with Crippen LogP contribution in [0.15, 0.2) is 4.99 Å². The summed E-state index contributed by atoms with van der Waals surface area (Å²) in [6.45, 7) is 9.83. The van der Waals surface area contributed by atoms with Gasteiger partial charge in [0.15, 0.2) is 5.96 Å². The highest BCUT2D eigenvalue weighted by atomic mass is 16.5. The Bertz CT molecular complexity index is 368. The highest BCUT2D eigenvalue weighted by Crippen LogP contribution is 2.15. The number of methoxy groups -OCH3 is 1. The van der Waals surface area contributed by atoms with Crippen LogP contribution >= 0.6 is 0 Å². The third-order valence-electron chi connectivity index (χ3n) is 5.42. The molecule has 24 heavy (non-hydrogen) atoms. The smallest absolute Gasteiger partial charge is 0.191 e. The molecule has 2 fully saturated rings. The summed E-state index contributed by atoms with van der Waals surface area (Å²) in [4.78, 5) is 9.51. The van der Waals surface area contributed by atoms with E-state index in [4.69, 9.17) is 4.74 Å². The van der Waals surface area contributed by atoms with Crippen molar-refractivity contribution in [3.8, 4) is 0 Å². The van der Waals surface area contributed by atoms with Crippen molar-refractivity contribution in [2.45, 2.75) is 51.1 Å². The lowest BCUT2D eigenvalue weighted by Crippen LogP contribution is -2.52. The number of piperidine rings is 2. The zero-order chi connectivity index (χ0) is 17.2. The maximum absolute atomic E-state index is 5.17. The van der Waals surface area contributed by atoms with Crippen LogP contribution in [0.4, 0.5) is 0 Å². The molecule has 0 amide bonds. The Morgan fingerprint density at radius 1 is 1.17 bits per heavy atom. The van der Waals surface area contributed by atoms with Crippen molar-refractivity contribution >= 4 is 5.96 Å². The molecular weight excluding hydrogens is 302 g/mol. The summed E-state index contributed by atoms with van der Waals surface area (Å²) in [6.07, 6.45) is 6.35. The van der Waals surface area contributed by atoms with Gasteiger partial charge < -0.3 is 20.3 Å². The van der Waals surface area contributed by atoms with Crippen molar-refractivity contribution in [2.75, 3.05) is 60.0 Å². The van der Waals surface area contributed by atoms with Gasteiger partial charge in [-0.3, -0.25) is 9.89 Å². The van der Waals surface area contributed by atoms with Gasteiger partial charge in [-0.25, -0.2) is 0 Å². The Kier molecular flexibility index (Phi) is 8.84. The summed E-state index contributed by atoms with van der Waals surface area (Å²) in [5.41, 5.74) is 0. The SMILES string of the molecule is CCN1CCCCC1CNC(=NC)NC1CCN(CCOC)CC1. The summed E-state index contributed by atoms with van der Waals surface area (Å²) in [7, 11) is 3.65. The molecule has 0 aromatic rings. The zero-order valence-electron chi connectivity index (χ0n) is 15.9. The van der Waals surface area contributed by atoms with E-state index < -0.39 is 0 Å². The summed E-state index contributed by atoms with van der Waals surface area (Å²) in [5.74, 6) is 0.965. The maximum Gasteiger partial charge on any atom is 0.191 e. The second-order valence-corrected chi connectivity index (χ2v) is 6.98. The van der Waals surface area contributed by atoms with Crippen LogP contribution in [0.5, 0.6) is 0 Å². The van der Waals surface area contributed by atoms with Crippen LogP contribution in [-0.2, 0) is 4.74 Å². The first-order valence-corrected chi connectivity index (χ1v) is 9.69. The van der Waals surface area contributed by atoms with Crippen LogP contribution in [0.1, 0.15) is 39.0 Å². The molecule has 0 aliphatic carbocycles. The molecule has 2 saturated heterocycles. The van der Waals surface area contributed by atoms with Crippen molar-refractivity contribution in [3.63, 3.8) is 0 Å². The van der Waals surface area contributed by atoms with Crippen LogP contribution in [-0.4, -0.2) is 87.9 Å². The van der Waals surface area contributed by atoms with Gasteiger partial charge in [0.2, 0.25) is 0 Å². The Labute approximate surface area is 148 Å². The highest BCUT2D eigenvalue weighted by Gasteiger charge is 2.22. The molecule has 6 nitrogen and oxygen atoms in total. The second-order valence-electron chi connectivity index (χ2n) is 6.98. The van der Waals surface area contributed by atoms with Crippen molar-refractivity contribution in [1.29, 1.82) is 0 Å². The number of hydrogen-bond donors (Lipinski definition) is 2. The number of hydrogen-bond acceptors (Lipinski definition) is 4. The van der Waals surface area contributed by atoms with E-state index in [1.54, 1.807) is 7.11 Å². The molecule has 0 aromatic heterocycles. The van der Waals surface area contributed by atoms with Crippen molar-refractivity contribution in [2.24, 2.45) is 4.99 Å². The van der Waals surface area contributed by atoms with E-state index in [0.717, 1.165) is 45.3 Å². The number of aliphatic imine (C=N–C) groups is 1. The molecule has 6 heteroatoms. The van der Waals surface area contributed by atoms with Gasteiger partial charge in [-0.1, -0.05) is 13.3 Å². The molecule has 0 aromatic carbocycles. The predicted octanol–water partition coefficient (Wildman–Crippen LogP) is 1.14. The summed E-state index contributed by atoms with van der Waals surface area (Å²) in [5, 5.41) is 7.18. The highest BCUT2D eigenvalue weighted by molar-refractivity contribution is 5.80. The van der Waals surface area contributed by atoms with Gasteiger partial charge in [0, 0.05) is 52.4 Å². The minimum atomic E-state index is 0.531. The van der Waals surface area contributed by atoms with Gasteiger partial charge in [-0.05, 0) is 38.8 Å². The van der Waals surface area contributed by atoms with E-state index in [0.29, 0.717) is 12.1 Å². The van der Waals surface area contributed by atoms with Crippen LogP contribution in [0.2, 0.25) is 0 Å². The summed E-state index contributed by atoms with van der Waals surface area (Å²) < 4.78 is 5.17. The van der Waals surface area contributed by atoms with Crippen molar-refractivity contribution in [1.82, 2.24) is 20.4 Å². The van der Waals surface area contributed by atoms with Crippen LogP contribution in [0, 0.1) is 0 Å². The molecule has 2 heterocycles. The van der Waals surface area contributed by atoms with E-state index in [1.807, 2.05) is 7.05 Å².